The Morgan fingerprint density at radius 1 is 0.464 bits per heavy atom. The summed E-state index contributed by atoms with van der Waals surface area (Å²) in [7, 11) is 0. The Morgan fingerprint density at radius 2 is 0.786 bits per heavy atom. The third-order valence-electron chi connectivity index (χ3n) is 6.82. The zero-order valence-electron chi connectivity index (χ0n) is 19.5. The van der Waals surface area contributed by atoms with Gasteiger partial charge in [0, 0.05) is 0 Å². The molecule has 0 aromatic carbocycles. The van der Waals surface area contributed by atoms with Crippen molar-refractivity contribution in [3.05, 3.63) is 6.92 Å². The summed E-state index contributed by atoms with van der Waals surface area (Å²) < 4.78 is 0. The maximum atomic E-state index is 3.91. The minimum absolute atomic E-state index is 1.04. The highest BCUT2D eigenvalue weighted by Gasteiger charge is 2.11. The van der Waals surface area contributed by atoms with Crippen molar-refractivity contribution in [2.24, 2.45) is 5.92 Å². The first kappa shape index (κ1) is 26.0. The fourth-order valence-electron chi connectivity index (χ4n) is 4.79. The van der Waals surface area contributed by atoms with Crippen molar-refractivity contribution in [2.45, 2.75) is 148 Å². The number of nitrogens with one attached hydrogen (secondary N) is 1. The molecule has 28 heavy (non-hydrogen) atoms. The van der Waals surface area contributed by atoms with Crippen LogP contribution >= 0.6 is 0 Å². The van der Waals surface area contributed by atoms with Gasteiger partial charge >= 0.3 is 0 Å². The first-order valence-corrected chi connectivity index (χ1v) is 13.4. The van der Waals surface area contributed by atoms with Crippen LogP contribution in [0.15, 0.2) is 0 Å². The molecule has 0 aromatic heterocycles. The van der Waals surface area contributed by atoms with E-state index in [0.29, 0.717) is 0 Å². The van der Waals surface area contributed by atoms with Gasteiger partial charge in [-0.05, 0) is 31.8 Å². The molecule has 0 unspecified atom stereocenters. The molecule has 0 aromatic rings. The molecule has 1 radical (unpaired) electrons. The van der Waals surface area contributed by atoms with Gasteiger partial charge in [-0.1, -0.05) is 142 Å². The lowest BCUT2D eigenvalue weighted by Crippen LogP contribution is -2.27. The Hall–Kier alpha value is -0.0400. The van der Waals surface area contributed by atoms with E-state index in [1.165, 1.54) is 154 Å². The van der Waals surface area contributed by atoms with E-state index in [0.717, 1.165) is 12.3 Å². The largest absolute Gasteiger partial charge is 0.317 e. The number of rotatable bonds is 21. The molecule has 1 saturated heterocycles. The predicted molar refractivity (Wildman–Crippen MR) is 128 cm³/mol. The van der Waals surface area contributed by atoms with Crippen molar-refractivity contribution in [2.75, 3.05) is 13.1 Å². The van der Waals surface area contributed by atoms with Crippen LogP contribution in [0.4, 0.5) is 0 Å². The Labute approximate surface area is 179 Å². The quantitative estimate of drug-likeness (QED) is 0.192. The average Bonchev–Trinajstić information content (AvgIpc) is 2.73. The Morgan fingerprint density at radius 3 is 1.14 bits per heavy atom. The van der Waals surface area contributed by atoms with Crippen LogP contribution in [-0.2, 0) is 0 Å². The maximum absolute atomic E-state index is 3.91. The lowest BCUT2D eigenvalue weighted by molar-refractivity contribution is 0.342. The van der Waals surface area contributed by atoms with Gasteiger partial charge in [0.05, 0.1) is 0 Å². The summed E-state index contributed by atoms with van der Waals surface area (Å²) in [6.07, 6.45) is 33.4. The second-order valence-electron chi connectivity index (χ2n) is 9.55. The van der Waals surface area contributed by atoms with Gasteiger partial charge in [0.25, 0.3) is 0 Å². The molecular formula is C27H54N. The topological polar surface area (TPSA) is 12.0 Å². The summed E-state index contributed by atoms with van der Waals surface area (Å²) in [5, 5.41) is 3.48. The van der Waals surface area contributed by atoms with Gasteiger partial charge in [-0.25, -0.2) is 0 Å². The zero-order chi connectivity index (χ0) is 20.0. The highest BCUT2D eigenvalue weighted by atomic mass is 14.9. The highest BCUT2D eigenvalue weighted by molar-refractivity contribution is 4.68. The summed E-state index contributed by atoms with van der Waals surface area (Å²) in [5.41, 5.74) is 0. The van der Waals surface area contributed by atoms with E-state index < -0.39 is 0 Å². The molecule has 1 rings (SSSR count). The predicted octanol–water partition coefficient (Wildman–Crippen LogP) is 9.01. The van der Waals surface area contributed by atoms with Crippen LogP contribution in [0, 0.1) is 12.8 Å². The Bertz CT molecular complexity index is 282. The van der Waals surface area contributed by atoms with Gasteiger partial charge in [0.15, 0.2) is 0 Å². The minimum Gasteiger partial charge on any atom is -0.317 e. The molecule has 1 aliphatic rings. The Kier molecular flexibility index (Phi) is 20.1. The van der Waals surface area contributed by atoms with Crippen molar-refractivity contribution in [3.8, 4) is 0 Å². The molecule has 0 saturated carbocycles. The van der Waals surface area contributed by atoms with Crippen molar-refractivity contribution >= 4 is 0 Å². The smallest absolute Gasteiger partial charge is 0.00463 e. The van der Waals surface area contributed by atoms with Gasteiger partial charge in [-0.15, -0.1) is 0 Å². The summed E-state index contributed by atoms with van der Waals surface area (Å²) in [6, 6.07) is 0. The first-order chi connectivity index (χ1) is 13.9. The normalized spacial score (nSPS) is 15.3. The van der Waals surface area contributed by atoms with Gasteiger partial charge in [-0.3, -0.25) is 0 Å². The van der Waals surface area contributed by atoms with E-state index >= 15 is 0 Å². The van der Waals surface area contributed by atoms with Crippen molar-refractivity contribution in [1.82, 2.24) is 5.32 Å². The van der Waals surface area contributed by atoms with Crippen LogP contribution in [0.1, 0.15) is 148 Å². The number of unbranched alkanes of at least 4 members (excludes halogenated alkanes) is 19. The fraction of sp³-hybridized carbons (Fsp3) is 0.963. The molecule has 0 atom stereocenters. The standard InChI is InChI=1S/C27H54N/c1-2-3-4-5-6-7-8-9-10-11-12-13-14-15-16-17-18-19-20-21-22-27-23-25-28-26-24-27/h27-28H,1-26H2. The van der Waals surface area contributed by atoms with E-state index in [1.54, 1.807) is 0 Å². The molecule has 1 heteroatoms. The monoisotopic (exact) mass is 392 g/mol. The SMILES string of the molecule is [CH2]CCCCCCCCCCCCCCCCCCCCCC1CCNCC1. The van der Waals surface area contributed by atoms with E-state index in [-0.39, 0.29) is 0 Å². The average molecular weight is 393 g/mol. The van der Waals surface area contributed by atoms with Gasteiger partial charge in [0.1, 0.15) is 0 Å². The molecule has 1 nitrogen and oxygen atoms in total. The van der Waals surface area contributed by atoms with E-state index in [2.05, 4.69) is 12.2 Å². The molecule has 1 N–H and O–H groups in total. The molecule has 167 valence electrons. The second kappa shape index (κ2) is 21.7. The summed E-state index contributed by atoms with van der Waals surface area (Å²) in [4.78, 5) is 0. The van der Waals surface area contributed by atoms with Crippen molar-refractivity contribution < 1.29 is 0 Å². The van der Waals surface area contributed by atoms with Gasteiger partial charge in [0.2, 0.25) is 0 Å². The highest BCUT2D eigenvalue weighted by Crippen LogP contribution is 2.20. The molecule has 0 amide bonds. The van der Waals surface area contributed by atoms with Crippen molar-refractivity contribution in [3.63, 3.8) is 0 Å². The maximum Gasteiger partial charge on any atom is -0.00463 e. The lowest BCUT2D eigenvalue weighted by Gasteiger charge is -2.22. The summed E-state index contributed by atoms with van der Waals surface area (Å²) in [6.45, 7) is 6.45. The third kappa shape index (κ3) is 18.0. The summed E-state index contributed by atoms with van der Waals surface area (Å²) >= 11 is 0. The molecule has 0 bridgehead atoms. The second-order valence-corrected chi connectivity index (χ2v) is 9.55. The molecule has 1 aliphatic heterocycles. The molecule has 1 fully saturated rings. The van der Waals surface area contributed by atoms with Gasteiger partial charge in [-0.2, -0.15) is 0 Å². The number of hydrogen-bond acceptors (Lipinski definition) is 1. The molecular weight excluding hydrogens is 338 g/mol. The van der Waals surface area contributed by atoms with E-state index in [9.17, 15) is 0 Å². The van der Waals surface area contributed by atoms with Crippen LogP contribution in [0.5, 0.6) is 0 Å². The van der Waals surface area contributed by atoms with Crippen LogP contribution in [0.2, 0.25) is 0 Å². The third-order valence-corrected chi connectivity index (χ3v) is 6.82. The lowest BCUT2D eigenvalue weighted by atomic mass is 9.92. The first-order valence-electron chi connectivity index (χ1n) is 13.4. The zero-order valence-corrected chi connectivity index (χ0v) is 19.5. The number of piperidine rings is 1. The Balaban J connectivity index is 1.64. The van der Waals surface area contributed by atoms with Crippen LogP contribution in [-0.4, -0.2) is 13.1 Å². The van der Waals surface area contributed by atoms with Crippen LogP contribution in [0.25, 0.3) is 0 Å². The van der Waals surface area contributed by atoms with E-state index in [1.807, 2.05) is 0 Å². The van der Waals surface area contributed by atoms with E-state index in [4.69, 9.17) is 0 Å². The van der Waals surface area contributed by atoms with Crippen LogP contribution in [0.3, 0.4) is 0 Å². The fourth-order valence-corrected chi connectivity index (χ4v) is 4.79. The molecule has 0 aliphatic carbocycles. The minimum atomic E-state index is 1.04. The molecule has 0 spiro atoms. The molecule has 1 heterocycles. The van der Waals surface area contributed by atoms with Gasteiger partial charge < -0.3 is 5.32 Å². The van der Waals surface area contributed by atoms with Crippen LogP contribution < -0.4 is 5.32 Å². The number of hydrogen-bond donors (Lipinski definition) is 1. The van der Waals surface area contributed by atoms with Crippen molar-refractivity contribution in [1.29, 1.82) is 0 Å². The summed E-state index contributed by atoms with van der Waals surface area (Å²) in [5.74, 6) is 1.04.